The van der Waals surface area contributed by atoms with Crippen LogP contribution in [0.2, 0.25) is 0 Å². The summed E-state index contributed by atoms with van der Waals surface area (Å²) in [6, 6.07) is 7.81. The lowest BCUT2D eigenvalue weighted by molar-refractivity contribution is -0.129. The quantitative estimate of drug-likeness (QED) is 0.897. The van der Waals surface area contributed by atoms with Gasteiger partial charge in [0.2, 0.25) is 5.91 Å². The number of hydrogen-bond donors (Lipinski definition) is 2. The molecule has 0 radical (unpaired) electrons. The highest BCUT2D eigenvalue weighted by molar-refractivity contribution is 5.89. The summed E-state index contributed by atoms with van der Waals surface area (Å²) in [5.74, 6) is 0.106. The average molecular weight is 289 g/mol. The molecule has 1 aromatic carbocycles. The van der Waals surface area contributed by atoms with Gasteiger partial charge < -0.3 is 15.5 Å². The number of anilines is 1. The van der Waals surface area contributed by atoms with Crippen LogP contribution in [0.5, 0.6) is 0 Å². The highest BCUT2D eigenvalue weighted by atomic mass is 16.2. The molecule has 0 spiro atoms. The Morgan fingerprint density at radius 1 is 1.29 bits per heavy atom. The zero-order valence-electron chi connectivity index (χ0n) is 12.7. The number of piperidine rings is 1. The van der Waals surface area contributed by atoms with Gasteiger partial charge in [-0.3, -0.25) is 4.79 Å². The second kappa shape index (κ2) is 7.11. The highest BCUT2D eigenvalue weighted by Gasteiger charge is 2.21. The zero-order valence-corrected chi connectivity index (χ0v) is 12.7. The number of benzene rings is 1. The van der Waals surface area contributed by atoms with Gasteiger partial charge in [-0.15, -0.1) is 0 Å². The Morgan fingerprint density at radius 2 is 2.00 bits per heavy atom. The SMILES string of the molecule is CCc1cccc(NC(=O)NC2CCN(C(C)=O)CC2)c1. The van der Waals surface area contributed by atoms with Crippen molar-refractivity contribution in [3.63, 3.8) is 0 Å². The van der Waals surface area contributed by atoms with Crippen molar-refractivity contribution in [3.8, 4) is 0 Å². The Labute approximate surface area is 125 Å². The molecule has 0 atom stereocenters. The summed E-state index contributed by atoms with van der Waals surface area (Å²) in [5, 5.41) is 5.84. The van der Waals surface area contributed by atoms with E-state index < -0.39 is 0 Å². The van der Waals surface area contributed by atoms with Crippen molar-refractivity contribution in [2.75, 3.05) is 18.4 Å². The first-order valence-electron chi connectivity index (χ1n) is 7.50. The third kappa shape index (κ3) is 4.48. The van der Waals surface area contributed by atoms with Crippen molar-refractivity contribution in [2.24, 2.45) is 0 Å². The highest BCUT2D eigenvalue weighted by Crippen LogP contribution is 2.13. The molecule has 1 saturated heterocycles. The molecule has 2 N–H and O–H groups in total. The van der Waals surface area contributed by atoms with E-state index in [1.165, 1.54) is 5.56 Å². The van der Waals surface area contributed by atoms with Crippen LogP contribution in [0.4, 0.5) is 10.5 Å². The maximum atomic E-state index is 12.0. The van der Waals surface area contributed by atoms with Crippen LogP contribution in [0.1, 0.15) is 32.3 Å². The van der Waals surface area contributed by atoms with Crippen LogP contribution in [0, 0.1) is 0 Å². The number of aryl methyl sites for hydroxylation is 1. The fraction of sp³-hybridized carbons (Fsp3) is 0.500. The number of urea groups is 1. The molecule has 114 valence electrons. The van der Waals surface area contributed by atoms with Crippen molar-refractivity contribution >= 4 is 17.6 Å². The number of rotatable bonds is 3. The molecular weight excluding hydrogens is 266 g/mol. The van der Waals surface area contributed by atoms with Gasteiger partial charge in [0.25, 0.3) is 0 Å². The number of nitrogens with one attached hydrogen (secondary N) is 2. The maximum Gasteiger partial charge on any atom is 0.319 e. The predicted molar refractivity (Wildman–Crippen MR) is 83.3 cm³/mol. The Kier molecular flexibility index (Phi) is 5.20. The van der Waals surface area contributed by atoms with Crippen molar-refractivity contribution < 1.29 is 9.59 Å². The largest absolute Gasteiger partial charge is 0.343 e. The topological polar surface area (TPSA) is 61.4 Å². The van der Waals surface area contributed by atoms with E-state index in [4.69, 9.17) is 0 Å². The van der Waals surface area contributed by atoms with Crippen molar-refractivity contribution in [1.29, 1.82) is 0 Å². The Balaban J connectivity index is 1.81. The van der Waals surface area contributed by atoms with Crippen molar-refractivity contribution in [1.82, 2.24) is 10.2 Å². The molecule has 0 bridgehead atoms. The van der Waals surface area contributed by atoms with Gasteiger partial charge >= 0.3 is 6.03 Å². The molecule has 3 amide bonds. The molecule has 5 nitrogen and oxygen atoms in total. The van der Waals surface area contributed by atoms with Crippen LogP contribution >= 0.6 is 0 Å². The number of likely N-dealkylation sites (tertiary alicyclic amines) is 1. The van der Waals surface area contributed by atoms with Crippen LogP contribution in [0.25, 0.3) is 0 Å². The second-order valence-corrected chi connectivity index (χ2v) is 5.43. The third-order valence-electron chi connectivity index (χ3n) is 3.87. The summed E-state index contributed by atoms with van der Waals surface area (Å²) in [7, 11) is 0. The van der Waals surface area contributed by atoms with Gasteiger partial charge in [-0.1, -0.05) is 19.1 Å². The van der Waals surface area contributed by atoms with E-state index in [1.807, 2.05) is 29.2 Å². The van der Waals surface area contributed by atoms with Gasteiger partial charge in [0, 0.05) is 31.7 Å². The normalized spacial score (nSPS) is 15.6. The molecule has 1 heterocycles. The number of amides is 3. The molecule has 0 aromatic heterocycles. The lowest BCUT2D eigenvalue weighted by Gasteiger charge is -2.31. The maximum absolute atomic E-state index is 12.0. The van der Waals surface area contributed by atoms with Crippen LogP contribution in [-0.2, 0) is 11.2 Å². The first-order chi connectivity index (χ1) is 10.1. The third-order valence-corrected chi connectivity index (χ3v) is 3.87. The average Bonchev–Trinajstić information content (AvgIpc) is 2.47. The Hall–Kier alpha value is -2.04. The summed E-state index contributed by atoms with van der Waals surface area (Å²) < 4.78 is 0. The minimum absolute atomic E-state index is 0.106. The predicted octanol–water partition coefficient (Wildman–Crippen LogP) is 2.38. The fourth-order valence-electron chi connectivity index (χ4n) is 2.56. The van der Waals surface area contributed by atoms with E-state index in [1.54, 1.807) is 6.92 Å². The summed E-state index contributed by atoms with van der Waals surface area (Å²) in [6.45, 7) is 5.10. The van der Waals surface area contributed by atoms with E-state index in [9.17, 15) is 9.59 Å². The summed E-state index contributed by atoms with van der Waals surface area (Å²) in [6.07, 6.45) is 2.56. The molecule has 0 saturated carbocycles. The van der Waals surface area contributed by atoms with Gasteiger partial charge in [-0.2, -0.15) is 0 Å². The summed E-state index contributed by atoms with van der Waals surface area (Å²) in [5.41, 5.74) is 2.01. The van der Waals surface area contributed by atoms with Crippen molar-refractivity contribution in [2.45, 2.75) is 39.2 Å². The lowest BCUT2D eigenvalue weighted by atomic mass is 10.1. The summed E-state index contributed by atoms with van der Waals surface area (Å²) in [4.78, 5) is 25.1. The minimum atomic E-state index is -0.176. The number of carbonyl (C=O) groups excluding carboxylic acids is 2. The van der Waals surface area contributed by atoms with E-state index in [-0.39, 0.29) is 18.0 Å². The van der Waals surface area contributed by atoms with Crippen LogP contribution in [0.3, 0.4) is 0 Å². The van der Waals surface area contributed by atoms with Crippen LogP contribution < -0.4 is 10.6 Å². The fourth-order valence-corrected chi connectivity index (χ4v) is 2.56. The standard InChI is InChI=1S/C16H23N3O2/c1-3-13-5-4-6-15(11-13)18-16(21)17-14-7-9-19(10-8-14)12(2)20/h4-6,11,14H,3,7-10H2,1-2H3,(H2,17,18,21). The van der Waals surface area contributed by atoms with E-state index in [0.717, 1.165) is 24.9 Å². The van der Waals surface area contributed by atoms with E-state index >= 15 is 0 Å². The Bertz CT molecular complexity index is 508. The van der Waals surface area contributed by atoms with Crippen molar-refractivity contribution in [3.05, 3.63) is 29.8 Å². The molecule has 0 unspecified atom stereocenters. The Morgan fingerprint density at radius 3 is 2.62 bits per heavy atom. The number of nitrogens with zero attached hydrogens (tertiary/aromatic N) is 1. The zero-order chi connectivity index (χ0) is 15.2. The smallest absolute Gasteiger partial charge is 0.319 e. The molecule has 1 aromatic rings. The molecule has 2 rings (SSSR count). The molecule has 21 heavy (non-hydrogen) atoms. The molecule has 1 aliphatic rings. The van der Waals surface area contributed by atoms with Gasteiger partial charge in [-0.05, 0) is 37.0 Å². The van der Waals surface area contributed by atoms with Gasteiger partial charge in [0.1, 0.15) is 0 Å². The summed E-state index contributed by atoms with van der Waals surface area (Å²) >= 11 is 0. The first-order valence-corrected chi connectivity index (χ1v) is 7.50. The van der Waals surface area contributed by atoms with E-state index in [0.29, 0.717) is 13.1 Å². The van der Waals surface area contributed by atoms with E-state index in [2.05, 4.69) is 17.6 Å². The lowest BCUT2D eigenvalue weighted by Crippen LogP contribution is -2.47. The number of hydrogen-bond acceptors (Lipinski definition) is 2. The molecule has 0 aliphatic carbocycles. The van der Waals surface area contributed by atoms with Gasteiger partial charge in [0.05, 0.1) is 0 Å². The first kappa shape index (κ1) is 15.4. The van der Waals surface area contributed by atoms with Crippen LogP contribution in [-0.4, -0.2) is 36.0 Å². The molecule has 1 aliphatic heterocycles. The monoisotopic (exact) mass is 289 g/mol. The van der Waals surface area contributed by atoms with Gasteiger partial charge in [-0.25, -0.2) is 4.79 Å². The minimum Gasteiger partial charge on any atom is -0.343 e. The van der Waals surface area contributed by atoms with Gasteiger partial charge in [0.15, 0.2) is 0 Å². The molecular formula is C16H23N3O2. The number of carbonyl (C=O) groups is 2. The second-order valence-electron chi connectivity index (χ2n) is 5.43. The van der Waals surface area contributed by atoms with Crippen LogP contribution in [0.15, 0.2) is 24.3 Å². The molecule has 5 heteroatoms. The molecule has 1 fully saturated rings.